The summed E-state index contributed by atoms with van der Waals surface area (Å²) >= 11 is 0. The van der Waals surface area contributed by atoms with E-state index in [9.17, 15) is 0 Å². The molecule has 0 unspecified atom stereocenters. The largest absolute Gasteiger partial charge is 0.412 e. The van der Waals surface area contributed by atoms with Crippen LogP contribution >= 0.6 is 0 Å². The molecule has 0 aliphatic heterocycles. The first-order valence-corrected chi connectivity index (χ1v) is 0. The second-order valence-corrected chi connectivity index (χ2v) is 0. The predicted molar refractivity (Wildman–Crippen MR) is 14.5 cm³/mol. The van der Waals surface area contributed by atoms with Crippen LogP contribution in [0, 0.1) is 0 Å². The van der Waals surface area contributed by atoms with Crippen molar-refractivity contribution in [1.29, 1.82) is 0 Å². The van der Waals surface area contributed by atoms with Crippen LogP contribution in [0.3, 0.4) is 0 Å². The van der Waals surface area contributed by atoms with E-state index in [0.717, 1.165) is 0 Å². The van der Waals surface area contributed by atoms with Crippen LogP contribution in [0.2, 0.25) is 0 Å². The van der Waals surface area contributed by atoms with E-state index in [-0.39, 0.29) is 81.8 Å². The van der Waals surface area contributed by atoms with Crippen molar-refractivity contribution in [2.24, 2.45) is 0 Å². The fraction of sp³-hybridized carbons (Fsp3) is 0. The van der Waals surface area contributed by atoms with E-state index in [2.05, 4.69) is 0 Å². The molecule has 0 aromatic heterocycles. The van der Waals surface area contributed by atoms with Gasteiger partial charge in [-0.3, -0.25) is 0 Å². The number of hydrogen-bond acceptors (Lipinski definition) is 0. The zero-order valence-electron chi connectivity index (χ0n) is 3.29. The zero-order chi connectivity index (χ0) is 0. The Kier molecular flexibility index (Phi) is 2780. The van der Waals surface area contributed by atoms with Gasteiger partial charge in [0.2, 0.25) is 0 Å². The quantitative estimate of drug-likeness (QED) is 0.402. The molecule has 0 fully saturated rings. The van der Waals surface area contributed by atoms with Gasteiger partial charge in [0.05, 0.1) is 0 Å². The van der Waals surface area contributed by atoms with Gasteiger partial charge < -0.3 is 21.9 Å². The fourth-order valence-corrected chi connectivity index (χ4v) is 0. The second kappa shape index (κ2) is 114. The number of hydrogen-bond donors (Lipinski definition) is 0. The molecule has 49 valence electrons. The van der Waals surface area contributed by atoms with Gasteiger partial charge in [-0.25, -0.2) is 0 Å². The summed E-state index contributed by atoms with van der Waals surface area (Å²) in [5.41, 5.74) is 0. The monoisotopic (exact) mass is 359 g/mol. The van der Waals surface area contributed by atoms with Crippen LogP contribution in [-0.4, -0.2) is 21.9 Å². The molecule has 7 heteroatoms. The Hall–Kier alpha value is 1.76. The van der Waals surface area contributed by atoms with E-state index in [0.29, 0.717) is 0 Å². The molecular formula is H8MnO4TiW. The molecule has 4 nitrogen and oxygen atoms in total. The summed E-state index contributed by atoms with van der Waals surface area (Å²) in [6.07, 6.45) is 0. The molecule has 0 aromatic rings. The molecule has 0 bridgehead atoms. The SMILES string of the molecule is O.O.O.O.[Mn].[Ti].[W]. The third-order valence-electron chi connectivity index (χ3n) is 0. The molecular weight excluding hydrogens is 351 g/mol. The van der Waals surface area contributed by atoms with E-state index in [4.69, 9.17) is 0 Å². The molecule has 0 spiro atoms. The van der Waals surface area contributed by atoms with Gasteiger partial charge >= 0.3 is 0 Å². The minimum absolute atomic E-state index is 0. The molecule has 0 heterocycles. The average molecular weight is 359 g/mol. The molecule has 7 heavy (non-hydrogen) atoms. The van der Waals surface area contributed by atoms with E-state index in [1.807, 2.05) is 0 Å². The molecule has 0 atom stereocenters. The Morgan fingerprint density at radius 1 is 0.571 bits per heavy atom. The first-order valence-electron chi connectivity index (χ1n) is 0. The molecule has 8 N–H and O–H groups in total. The first kappa shape index (κ1) is 170. The minimum Gasteiger partial charge on any atom is -0.412 e. The van der Waals surface area contributed by atoms with Crippen LogP contribution in [0.15, 0.2) is 0 Å². The van der Waals surface area contributed by atoms with Crippen LogP contribution in [-0.2, 0) is 59.9 Å². The van der Waals surface area contributed by atoms with Crippen LogP contribution in [0.4, 0.5) is 0 Å². The van der Waals surface area contributed by atoms with Gasteiger partial charge in [0.15, 0.2) is 0 Å². The van der Waals surface area contributed by atoms with Gasteiger partial charge in [0, 0.05) is 59.9 Å². The Balaban J connectivity index is 0. The van der Waals surface area contributed by atoms with E-state index in [1.54, 1.807) is 0 Å². The van der Waals surface area contributed by atoms with E-state index >= 15 is 0 Å². The van der Waals surface area contributed by atoms with Crippen LogP contribution in [0.5, 0.6) is 0 Å². The summed E-state index contributed by atoms with van der Waals surface area (Å²) in [7, 11) is 0. The predicted octanol–water partition coefficient (Wildman–Crippen LogP) is -3.31. The van der Waals surface area contributed by atoms with Crippen molar-refractivity contribution in [3.63, 3.8) is 0 Å². The maximum atomic E-state index is 0. The molecule has 0 aromatic carbocycles. The maximum absolute atomic E-state index is 0. The minimum atomic E-state index is 0. The molecule has 0 amide bonds. The van der Waals surface area contributed by atoms with Crippen molar-refractivity contribution in [2.75, 3.05) is 0 Å². The van der Waals surface area contributed by atoms with E-state index in [1.165, 1.54) is 0 Å². The van der Waals surface area contributed by atoms with Crippen LogP contribution < -0.4 is 0 Å². The summed E-state index contributed by atoms with van der Waals surface area (Å²) in [5, 5.41) is 0. The van der Waals surface area contributed by atoms with Gasteiger partial charge in [-0.2, -0.15) is 0 Å². The summed E-state index contributed by atoms with van der Waals surface area (Å²) < 4.78 is 0. The topological polar surface area (TPSA) is 126 Å². The molecule has 0 aliphatic rings. The standard InChI is InChI=1S/Mn.4H2O.Ti.W/h;4*1H2;;. The summed E-state index contributed by atoms with van der Waals surface area (Å²) in [6.45, 7) is 0. The Labute approximate surface area is 81.3 Å². The van der Waals surface area contributed by atoms with Crippen molar-refractivity contribution in [1.82, 2.24) is 0 Å². The Bertz CT molecular complexity index is 11.7. The maximum Gasteiger partial charge on any atom is 0 e. The Morgan fingerprint density at radius 3 is 0.571 bits per heavy atom. The average Bonchev–Trinajstić information content (AvgIpc) is 0. The first-order chi connectivity index (χ1) is 0. The van der Waals surface area contributed by atoms with Crippen LogP contribution in [0.1, 0.15) is 0 Å². The normalized spacial score (nSPS) is 0. The molecule has 1 radical (unpaired) electrons. The smallest absolute Gasteiger partial charge is 0 e. The van der Waals surface area contributed by atoms with Gasteiger partial charge in [-0.15, -0.1) is 0 Å². The summed E-state index contributed by atoms with van der Waals surface area (Å²) in [4.78, 5) is 0. The summed E-state index contributed by atoms with van der Waals surface area (Å²) in [5.74, 6) is 0. The van der Waals surface area contributed by atoms with Gasteiger partial charge in [0.1, 0.15) is 0 Å². The summed E-state index contributed by atoms with van der Waals surface area (Å²) in [6, 6.07) is 0. The van der Waals surface area contributed by atoms with E-state index < -0.39 is 0 Å². The third kappa shape index (κ3) is 83.0. The van der Waals surface area contributed by atoms with Crippen molar-refractivity contribution in [3.8, 4) is 0 Å². The molecule has 0 saturated heterocycles. The van der Waals surface area contributed by atoms with Crippen molar-refractivity contribution < 1.29 is 81.8 Å². The van der Waals surface area contributed by atoms with Crippen molar-refractivity contribution >= 4 is 0 Å². The number of rotatable bonds is 0. The van der Waals surface area contributed by atoms with Crippen molar-refractivity contribution in [3.05, 3.63) is 0 Å². The van der Waals surface area contributed by atoms with Crippen LogP contribution in [0.25, 0.3) is 0 Å². The zero-order valence-corrected chi connectivity index (χ0v) is 8.96. The molecule has 0 saturated carbocycles. The van der Waals surface area contributed by atoms with Gasteiger partial charge in [-0.05, 0) is 0 Å². The van der Waals surface area contributed by atoms with Gasteiger partial charge in [0.25, 0.3) is 0 Å². The second-order valence-electron chi connectivity index (χ2n) is 0. The van der Waals surface area contributed by atoms with Gasteiger partial charge in [-0.1, -0.05) is 0 Å². The van der Waals surface area contributed by atoms with Crippen molar-refractivity contribution in [2.45, 2.75) is 0 Å². The molecule has 0 aliphatic carbocycles. The molecule has 0 rings (SSSR count). The third-order valence-corrected chi connectivity index (χ3v) is 0. The fourth-order valence-electron chi connectivity index (χ4n) is 0. The Morgan fingerprint density at radius 2 is 0.571 bits per heavy atom.